The molecular weight excluding hydrogens is 232 g/mol. The highest BCUT2D eigenvalue weighted by atomic mass is 35.5. The zero-order chi connectivity index (χ0) is 10.8. The van der Waals surface area contributed by atoms with Gasteiger partial charge >= 0.3 is 5.97 Å². The smallest absolute Gasteiger partial charge is 0.323 e. The van der Waals surface area contributed by atoms with Crippen LogP contribution in [0.3, 0.4) is 0 Å². The van der Waals surface area contributed by atoms with Gasteiger partial charge in [-0.05, 0) is 0 Å². The molecule has 4 nitrogen and oxygen atoms in total. The number of alkyl halides is 2. The molecule has 1 fully saturated rings. The number of likely N-dealkylation sites (tertiary alicyclic amines) is 1. The van der Waals surface area contributed by atoms with Gasteiger partial charge in [0, 0.05) is 20.1 Å². The lowest BCUT2D eigenvalue weighted by molar-refractivity contribution is -0.145. The van der Waals surface area contributed by atoms with Crippen LogP contribution in [-0.2, 0) is 9.53 Å². The van der Waals surface area contributed by atoms with E-state index in [-0.39, 0.29) is 32.0 Å². The Bertz CT molecular complexity index is 228. The quantitative estimate of drug-likeness (QED) is 0.798. The Morgan fingerprint density at radius 3 is 2.60 bits per heavy atom. The lowest BCUT2D eigenvalue weighted by Crippen LogP contribution is -2.43. The summed E-state index contributed by atoms with van der Waals surface area (Å²) in [6, 6.07) is -0.964. The summed E-state index contributed by atoms with van der Waals surface area (Å²) in [7, 11) is 1.35. The third-order valence-corrected chi connectivity index (χ3v) is 2.25. The van der Waals surface area contributed by atoms with Gasteiger partial charge < -0.3 is 9.84 Å². The molecule has 1 heterocycles. The molecule has 0 aromatic rings. The monoisotopic (exact) mass is 245 g/mol. The molecule has 7 heteroatoms. The molecule has 0 bridgehead atoms. The SMILES string of the molecule is COCC(C(=O)O)N1CCC(F)(F)C1.Cl. The van der Waals surface area contributed by atoms with Gasteiger partial charge in [0.15, 0.2) is 0 Å². The number of halogens is 3. The number of hydrogen-bond donors (Lipinski definition) is 1. The lowest BCUT2D eigenvalue weighted by atomic mass is 10.3. The summed E-state index contributed by atoms with van der Waals surface area (Å²) in [6.45, 7) is -0.452. The second-order valence-electron chi connectivity index (χ2n) is 3.39. The number of carboxylic acids is 1. The zero-order valence-corrected chi connectivity index (χ0v) is 9.10. The van der Waals surface area contributed by atoms with Crippen LogP contribution in [-0.4, -0.2) is 54.7 Å². The molecule has 90 valence electrons. The third-order valence-electron chi connectivity index (χ3n) is 2.25. The fourth-order valence-corrected chi connectivity index (χ4v) is 1.52. The van der Waals surface area contributed by atoms with Crippen LogP contribution in [0, 0.1) is 0 Å². The predicted molar refractivity (Wildman–Crippen MR) is 51.7 cm³/mol. The Balaban J connectivity index is 0.00000196. The Morgan fingerprint density at radius 1 is 1.67 bits per heavy atom. The van der Waals surface area contributed by atoms with Crippen LogP contribution >= 0.6 is 12.4 Å². The van der Waals surface area contributed by atoms with E-state index >= 15 is 0 Å². The molecule has 1 N–H and O–H groups in total. The van der Waals surface area contributed by atoms with Crippen LogP contribution < -0.4 is 0 Å². The molecule has 15 heavy (non-hydrogen) atoms. The molecule has 1 unspecified atom stereocenters. The van der Waals surface area contributed by atoms with Gasteiger partial charge in [-0.2, -0.15) is 0 Å². The van der Waals surface area contributed by atoms with Crippen LogP contribution in [0.4, 0.5) is 8.78 Å². The highest BCUT2D eigenvalue weighted by molar-refractivity contribution is 5.85. The molecule has 0 aliphatic carbocycles. The highest BCUT2D eigenvalue weighted by Crippen LogP contribution is 2.28. The highest BCUT2D eigenvalue weighted by Gasteiger charge is 2.42. The number of nitrogens with zero attached hydrogens (tertiary/aromatic N) is 1. The zero-order valence-electron chi connectivity index (χ0n) is 8.28. The summed E-state index contributed by atoms with van der Waals surface area (Å²) in [4.78, 5) is 12.0. The Kier molecular flexibility index (Phi) is 5.41. The maximum atomic E-state index is 12.8. The maximum absolute atomic E-state index is 12.8. The van der Waals surface area contributed by atoms with E-state index in [0.717, 1.165) is 0 Å². The summed E-state index contributed by atoms with van der Waals surface area (Å²) in [5.41, 5.74) is 0. The van der Waals surface area contributed by atoms with Crippen LogP contribution in [0.5, 0.6) is 0 Å². The molecular formula is C8H14ClF2NO3. The van der Waals surface area contributed by atoms with Crippen LogP contribution in [0.2, 0.25) is 0 Å². The number of rotatable bonds is 4. The van der Waals surface area contributed by atoms with Crippen molar-refractivity contribution in [3.63, 3.8) is 0 Å². The number of carbonyl (C=O) groups is 1. The topological polar surface area (TPSA) is 49.8 Å². The molecule has 0 radical (unpaired) electrons. The van der Waals surface area contributed by atoms with Crippen molar-refractivity contribution in [3.05, 3.63) is 0 Å². The molecule has 1 aliphatic heterocycles. The number of hydrogen-bond acceptors (Lipinski definition) is 3. The van der Waals surface area contributed by atoms with Crippen molar-refractivity contribution in [1.82, 2.24) is 4.90 Å². The van der Waals surface area contributed by atoms with Gasteiger partial charge in [-0.15, -0.1) is 12.4 Å². The van der Waals surface area contributed by atoms with Crippen molar-refractivity contribution in [3.8, 4) is 0 Å². The van der Waals surface area contributed by atoms with Crippen molar-refractivity contribution >= 4 is 18.4 Å². The minimum Gasteiger partial charge on any atom is -0.480 e. The van der Waals surface area contributed by atoms with Gasteiger partial charge in [0.2, 0.25) is 0 Å². The van der Waals surface area contributed by atoms with Gasteiger partial charge in [0.25, 0.3) is 5.92 Å². The van der Waals surface area contributed by atoms with E-state index in [9.17, 15) is 13.6 Å². The van der Waals surface area contributed by atoms with Gasteiger partial charge in [0.05, 0.1) is 13.2 Å². The van der Waals surface area contributed by atoms with Crippen molar-refractivity contribution in [1.29, 1.82) is 0 Å². The molecule has 1 saturated heterocycles. The van der Waals surface area contributed by atoms with E-state index in [2.05, 4.69) is 4.74 Å². The fraction of sp³-hybridized carbons (Fsp3) is 0.875. The van der Waals surface area contributed by atoms with E-state index in [1.165, 1.54) is 12.0 Å². The van der Waals surface area contributed by atoms with Gasteiger partial charge in [0.1, 0.15) is 6.04 Å². The van der Waals surface area contributed by atoms with Crippen molar-refractivity contribution in [2.24, 2.45) is 0 Å². The summed E-state index contributed by atoms with van der Waals surface area (Å²) in [6.07, 6.45) is -0.277. The molecule has 1 rings (SSSR count). The number of aliphatic carboxylic acids is 1. The minimum atomic E-state index is -2.76. The summed E-state index contributed by atoms with van der Waals surface area (Å²) in [5, 5.41) is 8.77. The standard InChI is InChI=1S/C8H13F2NO3.ClH/c1-14-4-6(7(12)13)11-3-2-8(9,10)5-11;/h6H,2-5H2,1H3,(H,12,13);1H. The van der Waals surface area contributed by atoms with Crippen molar-refractivity contribution < 1.29 is 23.4 Å². The second-order valence-corrected chi connectivity index (χ2v) is 3.39. The van der Waals surface area contributed by atoms with E-state index < -0.39 is 24.5 Å². The lowest BCUT2D eigenvalue weighted by Gasteiger charge is -2.22. The maximum Gasteiger partial charge on any atom is 0.323 e. The van der Waals surface area contributed by atoms with E-state index in [1.807, 2.05) is 0 Å². The second kappa shape index (κ2) is 5.58. The normalized spacial score (nSPS) is 22.1. The first kappa shape index (κ1) is 14.5. The number of carboxylic acid groups (broad SMARTS) is 1. The molecule has 0 aromatic carbocycles. The summed E-state index contributed by atoms with van der Waals surface area (Å²) >= 11 is 0. The Labute approximate surface area is 92.6 Å². The van der Waals surface area contributed by atoms with Gasteiger partial charge in [-0.3, -0.25) is 9.69 Å². The number of ether oxygens (including phenoxy) is 1. The van der Waals surface area contributed by atoms with Crippen molar-refractivity contribution in [2.45, 2.75) is 18.4 Å². The van der Waals surface area contributed by atoms with E-state index in [4.69, 9.17) is 5.11 Å². The molecule has 1 aliphatic rings. The minimum absolute atomic E-state index is 0. The first-order valence-electron chi connectivity index (χ1n) is 4.30. The average molecular weight is 246 g/mol. The van der Waals surface area contributed by atoms with E-state index in [1.54, 1.807) is 0 Å². The van der Waals surface area contributed by atoms with Crippen LogP contribution in [0.25, 0.3) is 0 Å². The van der Waals surface area contributed by atoms with Crippen LogP contribution in [0.1, 0.15) is 6.42 Å². The Morgan fingerprint density at radius 2 is 2.27 bits per heavy atom. The molecule has 0 saturated carbocycles. The van der Waals surface area contributed by atoms with Gasteiger partial charge in [-0.1, -0.05) is 0 Å². The first-order chi connectivity index (χ1) is 6.46. The summed E-state index contributed by atoms with van der Waals surface area (Å²) < 4.78 is 30.2. The summed E-state index contributed by atoms with van der Waals surface area (Å²) in [5.74, 6) is -3.88. The average Bonchev–Trinajstić information content (AvgIpc) is 2.41. The molecule has 1 atom stereocenters. The van der Waals surface area contributed by atoms with Crippen molar-refractivity contribution in [2.75, 3.05) is 26.8 Å². The predicted octanol–water partition coefficient (Wildman–Crippen LogP) is 0.849. The largest absolute Gasteiger partial charge is 0.480 e. The molecule has 0 aromatic heterocycles. The van der Waals surface area contributed by atoms with Gasteiger partial charge in [-0.25, -0.2) is 8.78 Å². The first-order valence-corrected chi connectivity index (χ1v) is 4.30. The Hall–Kier alpha value is -0.460. The third kappa shape index (κ3) is 3.89. The fourth-order valence-electron chi connectivity index (χ4n) is 1.52. The van der Waals surface area contributed by atoms with Crippen LogP contribution in [0.15, 0.2) is 0 Å². The van der Waals surface area contributed by atoms with E-state index in [0.29, 0.717) is 0 Å². The number of methoxy groups -OCH3 is 1. The molecule has 0 amide bonds. The molecule has 0 spiro atoms.